The maximum absolute atomic E-state index is 12.6. The van der Waals surface area contributed by atoms with Crippen LogP contribution in [0.3, 0.4) is 0 Å². The van der Waals surface area contributed by atoms with Crippen molar-refractivity contribution in [3.8, 4) is 5.75 Å². The minimum absolute atomic E-state index is 0.00930. The third-order valence-corrected chi connectivity index (χ3v) is 5.25. The van der Waals surface area contributed by atoms with Crippen LogP contribution in [-0.2, 0) is 16.1 Å². The first-order valence-corrected chi connectivity index (χ1v) is 10.2. The first-order chi connectivity index (χ1) is 14.5. The summed E-state index contributed by atoms with van der Waals surface area (Å²) in [6.45, 7) is 4.45. The minimum Gasteiger partial charge on any atom is -0.497 e. The molecular weight excluding hydrogens is 380 g/mol. The molecule has 0 atom stereocenters. The molecule has 0 aromatic heterocycles. The number of methoxy groups -OCH3 is 1. The van der Waals surface area contributed by atoms with E-state index in [0.717, 1.165) is 43.2 Å². The normalized spacial score (nSPS) is 14.9. The van der Waals surface area contributed by atoms with Crippen LogP contribution in [-0.4, -0.2) is 79.9 Å². The molecule has 1 saturated heterocycles. The van der Waals surface area contributed by atoms with Gasteiger partial charge >= 0.3 is 0 Å². The van der Waals surface area contributed by atoms with Gasteiger partial charge in [0.1, 0.15) is 5.75 Å². The van der Waals surface area contributed by atoms with Gasteiger partial charge in [0.2, 0.25) is 11.8 Å². The number of nitrogens with one attached hydrogen (secondary N) is 1. The number of carbonyl (C=O) groups is 2. The lowest BCUT2D eigenvalue weighted by atomic mass is 10.2. The molecule has 3 rings (SSSR count). The molecule has 2 amide bonds. The number of anilines is 1. The van der Waals surface area contributed by atoms with Crippen molar-refractivity contribution in [3.63, 3.8) is 0 Å². The Labute approximate surface area is 178 Å². The van der Waals surface area contributed by atoms with Crippen LogP contribution in [0, 0.1) is 0 Å². The fourth-order valence-electron chi connectivity index (χ4n) is 3.44. The molecule has 1 aliphatic heterocycles. The molecule has 7 heteroatoms. The van der Waals surface area contributed by atoms with Gasteiger partial charge in [-0.3, -0.25) is 19.4 Å². The van der Waals surface area contributed by atoms with E-state index in [0.29, 0.717) is 19.6 Å². The van der Waals surface area contributed by atoms with Crippen molar-refractivity contribution in [1.82, 2.24) is 14.7 Å². The predicted molar refractivity (Wildman–Crippen MR) is 117 cm³/mol. The summed E-state index contributed by atoms with van der Waals surface area (Å²) >= 11 is 0. The Hall–Kier alpha value is -2.90. The molecule has 160 valence electrons. The summed E-state index contributed by atoms with van der Waals surface area (Å²) in [7, 11) is 3.47. The number of hydrogen-bond donors (Lipinski definition) is 1. The van der Waals surface area contributed by atoms with Gasteiger partial charge in [-0.1, -0.05) is 30.3 Å². The Morgan fingerprint density at radius 3 is 2.13 bits per heavy atom. The zero-order valence-electron chi connectivity index (χ0n) is 17.7. The number of rotatable bonds is 8. The maximum atomic E-state index is 12.6. The molecule has 0 saturated carbocycles. The lowest BCUT2D eigenvalue weighted by molar-refractivity contribution is -0.132. The highest BCUT2D eigenvalue weighted by Gasteiger charge is 2.22. The Balaban J connectivity index is 1.38. The number of carbonyl (C=O) groups excluding carboxylic acids is 2. The van der Waals surface area contributed by atoms with Gasteiger partial charge in [0, 0.05) is 45.5 Å². The second kappa shape index (κ2) is 10.8. The third kappa shape index (κ3) is 6.57. The van der Waals surface area contributed by atoms with E-state index in [2.05, 4.69) is 15.1 Å². The molecular formula is C23H30N4O3. The van der Waals surface area contributed by atoms with Gasteiger partial charge in [-0.2, -0.15) is 0 Å². The first kappa shape index (κ1) is 21.8. The molecule has 0 spiro atoms. The molecule has 1 heterocycles. The third-order valence-electron chi connectivity index (χ3n) is 5.25. The van der Waals surface area contributed by atoms with Crippen molar-refractivity contribution in [2.24, 2.45) is 0 Å². The first-order valence-electron chi connectivity index (χ1n) is 10.2. The standard InChI is InChI=1S/C23H30N4O3/c1-25(16-19-8-10-21(30-2)11-9-19)23(29)18-27-14-12-26(13-15-27)17-22(28)24-20-6-4-3-5-7-20/h3-11H,12-18H2,1-2H3,(H,24,28). The van der Waals surface area contributed by atoms with E-state index in [1.165, 1.54) is 0 Å². The molecule has 1 N–H and O–H groups in total. The number of hydrogen-bond acceptors (Lipinski definition) is 5. The summed E-state index contributed by atoms with van der Waals surface area (Å²) in [6.07, 6.45) is 0. The van der Waals surface area contributed by atoms with Crippen LogP contribution in [0.5, 0.6) is 5.75 Å². The number of piperazine rings is 1. The highest BCUT2D eigenvalue weighted by atomic mass is 16.5. The van der Waals surface area contributed by atoms with Crippen LogP contribution in [0.2, 0.25) is 0 Å². The number of ether oxygens (including phenoxy) is 1. The van der Waals surface area contributed by atoms with Crippen LogP contribution in [0.25, 0.3) is 0 Å². The van der Waals surface area contributed by atoms with Gasteiger partial charge in [0.15, 0.2) is 0 Å². The van der Waals surface area contributed by atoms with E-state index >= 15 is 0 Å². The summed E-state index contributed by atoms with van der Waals surface area (Å²) in [6, 6.07) is 17.2. The van der Waals surface area contributed by atoms with Crippen molar-refractivity contribution in [2.45, 2.75) is 6.54 Å². The van der Waals surface area contributed by atoms with Gasteiger partial charge in [-0.25, -0.2) is 0 Å². The molecule has 0 unspecified atom stereocenters. The van der Waals surface area contributed by atoms with E-state index in [9.17, 15) is 9.59 Å². The molecule has 0 bridgehead atoms. The SMILES string of the molecule is COc1ccc(CN(C)C(=O)CN2CCN(CC(=O)Nc3ccccc3)CC2)cc1. The molecule has 2 aromatic rings. The summed E-state index contributed by atoms with van der Waals surface area (Å²) in [5, 5.41) is 2.92. The average Bonchev–Trinajstić information content (AvgIpc) is 2.76. The van der Waals surface area contributed by atoms with Crippen molar-refractivity contribution < 1.29 is 14.3 Å². The van der Waals surface area contributed by atoms with Crippen LogP contribution < -0.4 is 10.1 Å². The Kier molecular flexibility index (Phi) is 7.82. The fourth-order valence-corrected chi connectivity index (χ4v) is 3.44. The average molecular weight is 411 g/mol. The highest BCUT2D eigenvalue weighted by molar-refractivity contribution is 5.92. The van der Waals surface area contributed by atoms with Crippen molar-refractivity contribution in [3.05, 3.63) is 60.2 Å². The maximum Gasteiger partial charge on any atom is 0.238 e. The predicted octanol–water partition coefficient (Wildman–Crippen LogP) is 1.91. The van der Waals surface area contributed by atoms with Crippen LogP contribution in [0.15, 0.2) is 54.6 Å². The van der Waals surface area contributed by atoms with Gasteiger partial charge in [-0.05, 0) is 29.8 Å². The fraction of sp³-hybridized carbons (Fsp3) is 0.391. The molecule has 7 nitrogen and oxygen atoms in total. The van der Waals surface area contributed by atoms with Crippen LogP contribution in [0.1, 0.15) is 5.56 Å². The van der Waals surface area contributed by atoms with E-state index in [1.807, 2.05) is 61.6 Å². The molecule has 2 aromatic carbocycles. The number of amides is 2. The van der Waals surface area contributed by atoms with Gasteiger partial charge < -0.3 is 15.0 Å². The molecule has 30 heavy (non-hydrogen) atoms. The number of benzene rings is 2. The number of likely N-dealkylation sites (N-methyl/N-ethyl adjacent to an activating group) is 1. The topological polar surface area (TPSA) is 65.1 Å². The summed E-state index contributed by atoms with van der Waals surface area (Å²) < 4.78 is 5.17. The quantitative estimate of drug-likeness (QED) is 0.720. The second-order valence-electron chi connectivity index (χ2n) is 7.56. The van der Waals surface area contributed by atoms with Crippen molar-refractivity contribution in [2.75, 3.05) is 58.7 Å². The zero-order valence-corrected chi connectivity index (χ0v) is 17.7. The zero-order chi connectivity index (χ0) is 21.3. The molecule has 0 radical (unpaired) electrons. The lowest BCUT2D eigenvalue weighted by Crippen LogP contribution is -2.51. The molecule has 1 aliphatic rings. The van der Waals surface area contributed by atoms with Gasteiger partial charge in [0.05, 0.1) is 20.2 Å². The van der Waals surface area contributed by atoms with Gasteiger partial charge in [-0.15, -0.1) is 0 Å². The Bertz CT molecular complexity index is 818. The number of nitrogens with zero attached hydrogens (tertiary/aromatic N) is 3. The van der Waals surface area contributed by atoms with E-state index in [4.69, 9.17) is 4.74 Å². The highest BCUT2D eigenvalue weighted by Crippen LogP contribution is 2.13. The molecule has 1 fully saturated rings. The van der Waals surface area contributed by atoms with Gasteiger partial charge in [0.25, 0.3) is 0 Å². The Morgan fingerprint density at radius 2 is 1.53 bits per heavy atom. The second-order valence-corrected chi connectivity index (χ2v) is 7.56. The smallest absolute Gasteiger partial charge is 0.238 e. The number of para-hydroxylation sites is 1. The lowest BCUT2D eigenvalue weighted by Gasteiger charge is -2.34. The van der Waals surface area contributed by atoms with E-state index in [1.54, 1.807) is 12.0 Å². The summed E-state index contributed by atoms with van der Waals surface area (Å²) in [5.74, 6) is 0.897. The largest absolute Gasteiger partial charge is 0.497 e. The molecule has 0 aliphatic carbocycles. The minimum atomic E-state index is -0.00930. The van der Waals surface area contributed by atoms with Crippen LogP contribution >= 0.6 is 0 Å². The van der Waals surface area contributed by atoms with E-state index < -0.39 is 0 Å². The van der Waals surface area contributed by atoms with E-state index in [-0.39, 0.29) is 11.8 Å². The van der Waals surface area contributed by atoms with Crippen LogP contribution in [0.4, 0.5) is 5.69 Å². The monoisotopic (exact) mass is 410 g/mol. The summed E-state index contributed by atoms with van der Waals surface area (Å²) in [4.78, 5) is 30.8. The van der Waals surface area contributed by atoms with Crippen molar-refractivity contribution >= 4 is 17.5 Å². The summed E-state index contributed by atoms with van der Waals surface area (Å²) in [5.41, 5.74) is 1.88. The van der Waals surface area contributed by atoms with Crippen molar-refractivity contribution in [1.29, 1.82) is 0 Å². The Morgan fingerprint density at radius 1 is 0.933 bits per heavy atom.